The molecule has 3 nitrogen and oxygen atoms in total. The van der Waals surface area contributed by atoms with Crippen LogP contribution in [0.2, 0.25) is 0 Å². The van der Waals surface area contributed by atoms with E-state index in [4.69, 9.17) is 9.97 Å². The van der Waals surface area contributed by atoms with E-state index in [0.29, 0.717) is 0 Å². The first kappa shape index (κ1) is 24.4. The number of nitrogens with zero attached hydrogens (tertiary/aromatic N) is 3. The lowest BCUT2D eigenvalue weighted by atomic mass is 10.00. The predicted molar refractivity (Wildman–Crippen MR) is 187 cm³/mol. The highest BCUT2D eigenvalue weighted by Gasteiger charge is 2.27. The molecule has 3 heteroatoms. The third-order valence-electron chi connectivity index (χ3n) is 9.32. The maximum absolute atomic E-state index is 5.18. The maximum Gasteiger partial charge on any atom is 0.160 e. The second kappa shape index (κ2) is 9.22. The molecule has 0 spiro atoms. The monoisotopic (exact) mass is 571 g/mol. The summed E-state index contributed by atoms with van der Waals surface area (Å²) < 4.78 is 2.45. The van der Waals surface area contributed by atoms with Gasteiger partial charge in [0.1, 0.15) is 0 Å². The van der Waals surface area contributed by atoms with Crippen LogP contribution in [0, 0.1) is 0 Å². The second-order valence-electron chi connectivity index (χ2n) is 11.8. The lowest BCUT2D eigenvalue weighted by Gasteiger charge is -2.14. The first-order valence-corrected chi connectivity index (χ1v) is 15.4. The smallest absolute Gasteiger partial charge is 0.160 e. The van der Waals surface area contributed by atoms with Crippen molar-refractivity contribution in [3.8, 4) is 50.6 Å². The lowest BCUT2D eigenvalue weighted by molar-refractivity contribution is 1.18. The summed E-state index contributed by atoms with van der Waals surface area (Å²) in [7, 11) is 0. The normalized spacial score (nSPS) is 12.0. The van der Waals surface area contributed by atoms with Gasteiger partial charge < -0.3 is 4.57 Å². The Labute approximate surface area is 259 Å². The van der Waals surface area contributed by atoms with E-state index in [0.717, 1.165) is 39.2 Å². The van der Waals surface area contributed by atoms with Crippen LogP contribution in [0.15, 0.2) is 152 Å². The van der Waals surface area contributed by atoms with E-state index in [1.54, 1.807) is 0 Å². The summed E-state index contributed by atoms with van der Waals surface area (Å²) in [6, 6.07) is 54.1. The van der Waals surface area contributed by atoms with Crippen LogP contribution >= 0.6 is 0 Å². The molecule has 0 N–H and O–H groups in total. The van der Waals surface area contributed by atoms with Crippen molar-refractivity contribution in [3.05, 3.63) is 152 Å². The van der Waals surface area contributed by atoms with Gasteiger partial charge in [-0.1, -0.05) is 127 Å². The van der Waals surface area contributed by atoms with Gasteiger partial charge in [0.2, 0.25) is 0 Å². The molecule has 0 atom stereocenters. The Balaban J connectivity index is 1.31. The van der Waals surface area contributed by atoms with E-state index in [1.807, 2.05) is 24.3 Å². The van der Waals surface area contributed by atoms with Crippen molar-refractivity contribution in [3.63, 3.8) is 0 Å². The molecule has 45 heavy (non-hydrogen) atoms. The summed E-state index contributed by atoms with van der Waals surface area (Å²) in [4.78, 5) is 10.2. The Hall–Kier alpha value is -6.06. The van der Waals surface area contributed by atoms with Gasteiger partial charge >= 0.3 is 0 Å². The van der Waals surface area contributed by atoms with Crippen molar-refractivity contribution in [2.45, 2.75) is 0 Å². The molecule has 0 amide bonds. The molecular formula is C42H25N3. The molecule has 0 saturated carbocycles. The second-order valence-corrected chi connectivity index (χ2v) is 11.8. The fraction of sp³-hybridized carbons (Fsp3) is 0. The van der Waals surface area contributed by atoms with Crippen LogP contribution < -0.4 is 0 Å². The highest BCUT2D eigenvalue weighted by Crippen LogP contribution is 2.52. The van der Waals surface area contributed by atoms with Gasteiger partial charge in [-0.25, -0.2) is 9.97 Å². The van der Waals surface area contributed by atoms with Crippen LogP contribution in [0.1, 0.15) is 0 Å². The summed E-state index contributed by atoms with van der Waals surface area (Å²) in [5, 5.41) is 6.15. The van der Waals surface area contributed by atoms with E-state index in [-0.39, 0.29) is 0 Å². The fourth-order valence-corrected chi connectivity index (χ4v) is 7.38. The molecule has 10 rings (SSSR count). The van der Waals surface area contributed by atoms with Gasteiger partial charge in [0, 0.05) is 38.5 Å². The first-order chi connectivity index (χ1) is 22.3. The molecule has 0 unspecified atom stereocenters. The van der Waals surface area contributed by atoms with Crippen LogP contribution in [0.25, 0.3) is 94.1 Å². The molecule has 0 bridgehead atoms. The van der Waals surface area contributed by atoms with Gasteiger partial charge in [-0.05, 0) is 51.7 Å². The number of benzene rings is 7. The average molecular weight is 572 g/mol. The molecule has 2 heterocycles. The van der Waals surface area contributed by atoms with Crippen molar-refractivity contribution in [1.82, 2.24) is 14.5 Å². The number of para-hydroxylation sites is 1. The zero-order chi connectivity index (χ0) is 29.5. The van der Waals surface area contributed by atoms with Crippen LogP contribution in [0.3, 0.4) is 0 Å². The van der Waals surface area contributed by atoms with E-state index < -0.39 is 0 Å². The number of rotatable bonds is 3. The Morgan fingerprint density at radius 1 is 0.467 bits per heavy atom. The number of fused-ring (bicyclic) bond motifs is 8. The van der Waals surface area contributed by atoms with Gasteiger partial charge in [-0.15, -0.1) is 0 Å². The van der Waals surface area contributed by atoms with Crippen molar-refractivity contribution >= 4 is 43.5 Å². The quantitative estimate of drug-likeness (QED) is 0.211. The number of aromatic nitrogens is 3. The standard InChI is InChI=1S/C42H25N3/c1-3-11-27(12-4-1)40-35-25-29(21-24-36(35)43-42(44-40)28-13-5-2-6-14-28)45-37-20-8-7-17-30(37)33-23-22-32-31-18-9-15-26-16-10-19-34(38(26)31)39(32)41(33)45/h1-25H. The minimum absolute atomic E-state index is 0.732. The van der Waals surface area contributed by atoms with Crippen molar-refractivity contribution in [1.29, 1.82) is 0 Å². The van der Waals surface area contributed by atoms with E-state index in [9.17, 15) is 0 Å². The molecule has 0 aliphatic heterocycles. The van der Waals surface area contributed by atoms with Crippen molar-refractivity contribution in [2.75, 3.05) is 0 Å². The SMILES string of the molecule is c1ccc(-c2nc(-c3ccccc3)c3cc(-n4c5ccccc5c5ccc6c(c54)-c4cccc5cccc-6c45)ccc3n2)cc1. The van der Waals surface area contributed by atoms with Gasteiger partial charge in [0.15, 0.2) is 5.82 Å². The summed E-state index contributed by atoms with van der Waals surface area (Å²) >= 11 is 0. The number of hydrogen-bond donors (Lipinski definition) is 0. The Morgan fingerprint density at radius 3 is 2.02 bits per heavy atom. The van der Waals surface area contributed by atoms with Gasteiger partial charge in [0.25, 0.3) is 0 Å². The zero-order valence-corrected chi connectivity index (χ0v) is 24.3. The lowest BCUT2D eigenvalue weighted by Crippen LogP contribution is -1.99. The van der Waals surface area contributed by atoms with E-state index in [2.05, 4.69) is 132 Å². The predicted octanol–water partition coefficient (Wildman–Crippen LogP) is 10.9. The van der Waals surface area contributed by atoms with E-state index in [1.165, 1.54) is 54.8 Å². The zero-order valence-electron chi connectivity index (χ0n) is 24.3. The van der Waals surface area contributed by atoms with Gasteiger partial charge in [-0.2, -0.15) is 0 Å². The minimum Gasteiger partial charge on any atom is -0.309 e. The van der Waals surface area contributed by atoms with Crippen molar-refractivity contribution < 1.29 is 0 Å². The van der Waals surface area contributed by atoms with Gasteiger partial charge in [0.05, 0.1) is 22.2 Å². The maximum atomic E-state index is 5.18. The molecule has 0 fully saturated rings. The highest BCUT2D eigenvalue weighted by atomic mass is 15.0. The van der Waals surface area contributed by atoms with Crippen molar-refractivity contribution in [2.24, 2.45) is 0 Å². The van der Waals surface area contributed by atoms with Gasteiger partial charge in [-0.3, -0.25) is 0 Å². The number of hydrogen-bond acceptors (Lipinski definition) is 2. The Bertz CT molecular complexity index is 2630. The molecule has 2 aromatic heterocycles. The van der Waals surface area contributed by atoms with Crippen LogP contribution in [-0.2, 0) is 0 Å². The molecule has 1 aliphatic rings. The molecular weight excluding hydrogens is 546 g/mol. The first-order valence-electron chi connectivity index (χ1n) is 15.4. The molecule has 9 aromatic rings. The molecule has 0 radical (unpaired) electrons. The fourth-order valence-electron chi connectivity index (χ4n) is 7.38. The summed E-state index contributed by atoms with van der Waals surface area (Å²) in [5.41, 5.74) is 12.7. The van der Waals surface area contributed by atoms with Crippen LogP contribution in [0.4, 0.5) is 0 Å². The third-order valence-corrected chi connectivity index (χ3v) is 9.32. The summed E-state index contributed by atoms with van der Waals surface area (Å²) in [6.07, 6.45) is 0. The Morgan fingerprint density at radius 2 is 1.20 bits per heavy atom. The van der Waals surface area contributed by atoms with E-state index >= 15 is 0 Å². The topological polar surface area (TPSA) is 30.7 Å². The minimum atomic E-state index is 0.732. The summed E-state index contributed by atoms with van der Waals surface area (Å²) in [6.45, 7) is 0. The largest absolute Gasteiger partial charge is 0.309 e. The third kappa shape index (κ3) is 3.46. The molecule has 0 saturated heterocycles. The summed E-state index contributed by atoms with van der Waals surface area (Å²) in [5.74, 6) is 0.732. The molecule has 1 aliphatic carbocycles. The molecule has 7 aromatic carbocycles. The Kier molecular flexibility index (Phi) is 5.00. The molecule has 208 valence electrons. The van der Waals surface area contributed by atoms with Crippen LogP contribution in [0.5, 0.6) is 0 Å². The van der Waals surface area contributed by atoms with Crippen LogP contribution in [-0.4, -0.2) is 14.5 Å². The average Bonchev–Trinajstić information content (AvgIpc) is 3.62. The highest BCUT2D eigenvalue weighted by molar-refractivity contribution is 6.24.